The Kier molecular flexibility index (Phi) is 9.18. The summed E-state index contributed by atoms with van der Waals surface area (Å²) < 4.78 is 2.02. The molecule has 4 aromatic heterocycles. The molecule has 0 radical (unpaired) electrons. The second-order valence-electron chi connectivity index (χ2n) is 13.3. The van der Waals surface area contributed by atoms with Crippen molar-refractivity contribution in [3.05, 3.63) is 89.0 Å². The molecule has 6 aromatic rings. The Hall–Kier alpha value is -4.35. The maximum absolute atomic E-state index is 12.4. The molecule has 8 heterocycles. The number of nitrogens with zero attached hydrogens (tertiary/aromatic N) is 8. The Morgan fingerprint density at radius 3 is 1.94 bits per heavy atom. The molecule has 4 aliphatic rings. The molecule has 2 aromatic carbocycles. The van der Waals surface area contributed by atoms with Crippen LogP contribution in [0, 0.1) is 0 Å². The van der Waals surface area contributed by atoms with Crippen LogP contribution in [0.3, 0.4) is 0 Å². The van der Waals surface area contributed by atoms with Crippen molar-refractivity contribution < 1.29 is 4.79 Å². The lowest BCUT2D eigenvalue weighted by atomic mass is 10.0. The van der Waals surface area contributed by atoms with Crippen molar-refractivity contribution in [2.24, 2.45) is 9.98 Å². The van der Waals surface area contributed by atoms with Crippen LogP contribution in [0.15, 0.2) is 55.9 Å². The summed E-state index contributed by atoms with van der Waals surface area (Å²) in [6, 6.07) is 8.51. The summed E-state index contributed by atoms with van der Waals surface area (Å²) in [6.45, 7) is 4.74. The first kappa shape index (κ1) is 34.4. The first-order valence-electron chi connectivity index (χ1n) is 17.2. The van der Waals surface area contributed by atoms with E-state index < -0.39 is 0 Å². The minimum atomic E-state index is 0.0428. The standard InChI is InChI=1S/C20H19BrN6OS.C17H14BrN5S/c1-26(2)20(28)27-4-3-13-16(9-27)29-19-17(13)18(23-10-24-19)25-15-6-12-8-22-7-11(12)5-14(15)21;18-12-3-9-5-20-6-10(9)4-13(12)23-16-15-11-1-2-19-7-14(11)24-17(15)22-8-21-16/h5-6,8,10H,3-4,7,9H2,1-2H3,(H,23,24,25);3-4,6,8,19H,1-2,5,7H2,(H,21,22,23). The fourth-order valence-electron chi connectivity index (χ4n) is 7.13. The Labute approximate surface area is 330 Å². The van der Waals surface area contributed by atoms with Crippen LogP contribution in [-0.4, -0.2) is 75.4 Å². The minimum Gasteiger partial charge on any atom is -0.339 e. The van der Waals surface area contributed by atoms with Crippen molar-refractivity contribution in [1.82, 2.24) is 35.1 Å². The summed E-state index contributed by atoms with van der Waals surface area (Å²) >= 11 is 10.7. The van der Waals surface area contributed by atoms with Crippen molar-refractivity contribution >= 4 is 116 Å². The fraction of sp³-hybridized carbons (Fsp3) is 0.270. The fourth-order valence-corrected chi connectivity index (χ4v) is 10.5. The van der Waals surface area contributed by atoms with Crippen molar-refractivity contribution in [2.45, 2.75) is 39.0 Å². The van der Waals surface area contributed by atoms with Crippen molar-refractivity contribution in [3.8, 4) is 0 Å². The van der Waals surface area contributed by atoms with E-state index >= 15 is 0 Å². The first-order chi connectivity index (χ1) is 25.8. The predicted octanol–water partition coefficient (Wildman–Crippen LogP) is 7.95. The van der Waals surface area contributed by atoms with E-state index in [-0.39, 0.29) is 6.03 Å². The third-order valence-electron chi connectivity index (χ3n) is 9.75. The van der Waals surface area contributed by atoms with Crippen LogP contribution in [-0.2, 0) is 39.0 Å². The molecule has 53 heavy (non-hydrogen) atoms. The van der Waals surface area contributed by atoms with Crippen LogP contribution in [0.2, 0.25) is 0 Å². The summed E-state index contributed by atoms with van der Waals surface area (Å²) in [4.78, 5) is 47.1. The number of rotatable bonds is 4. The van der Waals surface area contributed by atoms with Gasteiger partial charge in [-0.25, -0.2) is 24.7 Å². The third-order valence-corrected chi connectivity index (χ3v) is 13.3. The van der Waals surface area contributed by atoms with Gasteiger partial charge in [-0.05, 0) is 109 Å². The van der Waals surface area contributed by atoms with E-state index in [9.17, 15) is 4.79 Å². The number of thiophene rings is 2. The van der Waals surface area contributed by atoms with Crippen LogP contribution in [0.5, 0.6) is 0 Å². The van der Waals surface area contributed by atoms with E-state index in [2.05, 4.69) is 102 Å². The Balaban J connectivity index is 0.000000143. The summed E-state index contributed by atoms with van der Waals surface area (Å²) in [5.74, 6) is 1.69. The zero-order valence-corrected chi connectivity index (χ0v) is 33.6. The highest BCUT2D eigenvalue weighted by molar-refractivity contribution is 9.11. The number of halogens is 2. The molecule has 4 aliphatic heterocycles. The molecule has 0 atom stereocenters. The van der Waals surface area contributed by atoms with Gasteiger partial charge in [-0.2, -0.15) is 0 Å². The van der Waals surface area contributed by atoms with E-state index in [1.807, 2.05) is 17.3 Å². The molecule has 0 unspecified atom stereocenters. The van der Waals surface area contributed by atoms with E-state index in [4.69, 9.17) is 0 Å². The zero-order valence-electron chi connectivity index (χ0n) is 28.8. The van der Waals surface area contributed by atoms with E-state index in [1.165, 1.54) is 43.0 Å². The highest BCUT2D eigenvalue weighted by atomic mass is 79.9. The maximum Gasteiger partial charge on any atom is 0.319 e. The van der Waals surface area contributed by atoms with Crippen molar-refractivity contribution in [3.63, 3.8) is 0 Å². The van der Waals surface area contributed by atoms with Gasteiger partial charge in [-0.1, -0.05) is 0 Å². The lowest BCUT2D eigenvalue weighted by Gasteiger charge is -2.29. The number of urea groups is 1. The molecule has 12 nitrogen and oxygen atoms in total. The highest BCUT2D eigenvalue weighted by Gasteiger charge is 2.27. The number of aromatic nitrogens is 4. The van der Waals surface area contributed by atoms with Gasteiger partial charge in [0.25, 0.3) is 0 Å². The molecule has 0 aliphatic carbocycles. The van der Waals surface area contributed by atoms with Crippen LogP contribution in [0.4, 0.5) is 27.8 Å². The van der Waals surface area contributed by atoms with Crippen molar-refractivity contribution in [1.29, 1.82) is 0 Å². The van der Waals surface area contributed by atoms with E-state index in [1.54, 1.807) is 54.3 Å². The number of carbonyl (C=O) groups excluding carboxylic acids is 1. The molecule has 0 spiro atoms. The zero-order chi connectivity index (χ0) is 36.2. The number of nitrogens with one attached hydrogen (secondary N) is 3. The molecule has 268 valence electrons. The quantitative estimate of drug-likeness (QED) is 0.163. The van der Waals surface area contributed by atoms with Gasteiger partial charge in [0.1, 0.15) is 34.0 Å². The van der Waals surface area contributed by atoms with Gasteiger partial charge >= 0.3 is 6.03 Å². The van der Waals surface area contributed by atoms with Gasteiger partial charge in [0.15, 0.2) is 0 Å². The number of amides is 2. The normalized spacial score (nSPS) is 15.1. The Morgan fingerprint density at radius 1 is 0.792 bits per heavy atom. The molecule has 10 rings (SSSR count). The maximum atomic E-state index is 12.4. The van der Waals surface area contributed by atoms with Crippen LogP contribution in [0.25, 0.3) is 20.4 Å². The van der Waals surface area contributed by atoms with Gasteiger partial charge in [0.05, 0.1) is 41.8 Å². The third kappa shape index (κ3) is 6.49. The number of hydrogen-bond acceptors (Lipinski definition) is 12. The van der Waals surface area contributed by atoms with Crippen LogP contribution < -0.4 is 16.0 Å². The van der Waals surface area contributed by atoms with Gasteiger partial charge in [-0.3, -0.25) is 9.98 Å². The summed E-state index contributed by atoms with van der Waals surface area (Å²) in [7, 11) is 3.57. The second-order valence-corrected chi connectivity index (χ2v) is 17.2. The molecule has 0 bridgehead atoms. The van der Waals surface area contributed by atoms with E-state index in [0.29, 0.717) is 13.1 Å². The average molecular weight is 872 g/mol. The summed E-state index contributed by atoms with van der Waals surface area (Å²) in [5.41, 5.74) is 9.36. The minimum absolute atomic E-state index is 0.0428. The lowest BCUT2D eigenvalue weighted by molar-refractivity contribution is 0.166. The number of anilines is 4. The molecule has 0 saturated carbocycles. The number of fused-ring (bicyclic) bond motifs is 8. The molecule has 2 amide bonds. The molecular formula is C37H33Br2N11OS2. The topological polar surface area (TPSA) is 136 Å². The monoisotopic (exact) mass is 869 g/mol. The number of benzene rings is 2. The largest absolute Gasteiger partial charge is 0.339 e. The van der Waals surface area contributed by atoms with Gasteiger partial charge in [-0.15, -0.1) is 22.7 Å². The molecule has 16 heteroatoms. The Morgan fingerprint density at radius 2 is 1.36 bits per heavy atom. The smallest absolute Gasteiger partial charge is 0.319 e. The molecule has 0 fully saturated rings. The van der Waals surface area contributed by atoms with Gasteiger partial charge < -0.3 is 25.8 Å². The van der Waals surface area contributed by atoms with E-state index in [0.717, 1.165) is 91.6 Å². The van der Waals surface area contributed by atoms with Crippen molar-refractivity contribution in [2.75, 3.05) is 37.8 Å². The lowest BCUT2D eigenvalue weighted by Crippen LogP contribution is -2.41. The van der Waals surface area contributed by atoms with Gasteiger partial charge in [0, 0.05) is 58.3 Å². The SMILES string of the molecule is Brc1cc2c(cc1Nc1ncnc3sc4c(c13)CCNC4)C=NC2.CN(C)C(=O)N1CCc2c(sc3ncnc(Nc4cc5c(cc4Br)CN=C5)c23)C1. The molecule has 3 N–H and O–H groups in total. The van der Waals surface area contributed by atoms with Crippen LogP contribution in [0.1, 0.15) is 43.1 Å². The number of hydrogen-bond donors (Lipinski definition) is 3. The summed E-state index contributed by atoms with van der Waals surface area (Å²) in [5, 5.41) is 12.7. The number of carbonyl (C=O) groups is 1. The average Bonchev–Trinajstić information content (AvgIpc) is 3.96. The van der Waals surface area contributed by atoms with Crippen LogP contribution >= 0.6 is 54.5 Å². The molecule has 0 saturated heterocycles. The second kappa shape index (κ2) is 14.1. The van der Waals surface area contributed by atoms with Gasteiger partial charge in [0.2, 0.25) is 0 Å². The Bertz CT molecular complexity index is 2510. The predicted molar refractivity (Wildman–Crippen MR) is 221 cm³/mol. The summed E-state index contributed by atoms with van der Waals surface area (Å²) in [6.07, 6.45) is 8.90. The highest BCUT2D eigenvalue weighted by Crippen LogP contribution is 2.41. The molecular weight excluding hydrogens is 838 g/mol. The first-order valence-corrected chi connectivity index (χ1v) is 20.4. The number of aliphatic imine (C=N–C) groups is 2.